The van der Waals surface area contributed by atoms with Crippen molar-refractivity contribution in [3.63, 3.8) is 0 Å². The molecule has 0 aromatic heterocycles. The monoisotopic (exact) mass is 1040 g/mol. The quantitative estimate of drug-likeness (QED) is 0.0261. The minimum Gasteiger partial charge on any atom is -0.394 e. The summed E-state index contributed by atoms with van der Waals surface area (Å²) in [6, 6.07) is -0.717. The zero-order chi connectivity index (χ0) is 52.9. The van der Waals surface area contributed by atoms with E-state index in [2.05, 4.69) is 31.3 Å². The van der Waals surface area contributed by atoms with Gasteiger partial charge in [0.25, 0.3) is 0 Å². The summed E-state index contributed by atoms with van der Waals surface area (Å²) in [6.45, 7) is 3.89. The van der Waals surface area contributed by atoms with Crippen LogP contribution in [0.25, 0.3) is 0 Å². The van der Waals surface area contributed by atoms with Gasteiger partial charge < -0.3 is 40.3 Å². The van der Waals surface area contributed by atoms with Crippen molar-refractivity contribution in [3.05, 3.63) is 12.2 Å². The van der Waals surface area contributed by atoms with E-state index in [1.54, 1.807) is 0 Å². The summed E-state index contributed by atoms with van der Waals surface area (Å²) in [7, 11) is 0. The summed E-state index contributed by atoms with van der Waals surface area (Å²) in [6.07, 6.45) is 61.1. The SMILES string of the molecule is CCCCCCCCCC/C=C\CCCCCCCCCCCCCCCCCC(=O)NC(COC1OC(CO)C(O)C(O)C1O)C(O)CCCCCCCCCCCCCCCCCCCCCCCCC. The molecule has 1 rings (SSSR count). The van der Waals surface area contributed by atoms with E-state index in [0.717, 1.165) is 38.5 Å². The highest BCUT2D eigenvalue weighted by Gasteiger charge is 2.44. The summed E-state index contributed by atoms with van der Waals surface area (Å²) >= 11 is 0. The molecule has 73 heavy (non-hydrogen) atoms. The van der Waals surface area contributed by atoms with Crippen molar-refractivity contribution in [2.24, 2.45) is 0 Å². The third-order valence-corrected chi connectivity index (χ3v) is 15.9. The smallest absolute Gasteiger partial charge is 0.220 e. The topological polar surface area (TPSA) is 149 Å². The summed E-state index contributed by atoms with van der Waals surface area (Å²) < 4.78 is 11.4. The van der Waals surface area contributed by atoms with Crippen LogP contribution in [0.3, 0.4) is 0 Å². The molecule has 7 unspecified atom stereocenters. The normalized spacial score (nSPS) is 19.0. The fourth-order valence-corrected chi connectivity index (χ4v) is 10.7. The molecular weight excluding hydrogens is 911 g/mol. The van der Waals surface area contributed by atoms with Crippen LogP contribution in [0.1, 0.15) is 335 Å². The van der Waals surface area contributed by atoms with Crippen molar-refractivity contribution in [1.82, 2.24) is 5.32 Å². The van der Waals surface area contributed by atoms with Crippen molar-refractivity contribution in [3.8, 4) is 0 Å². The molecule has 1 aliphatic rings. The van der Waals surface area contributed by atoms with Gasteiger partial charge in [-0.2, -0.15) is 0 Å². The summed E-state index contributed by atoms with van der Waals surface area (Å²) in [5, 5.41) is 54.8. The molecule has 9 heteroatoms. The van der Waals surface area contributed by atoms with E-state index in [1.165, 1.54) is 270 Å². The molecule has 0 radical (unpaired) electrons. The number of ether oxygens (including phenoxy) is 2. The molecule has 0 aliphatic carbocycles. The Kier molecular flexibility index (Phi) is 52.0. The molecule has 0 saturated carbocycles. The van der Waals surface area contributed by atoms with E-state index in [9.17, 15) is 30.3 Å². The van der Waals surface area contributed by atoms with Gasteiger partial charge in [-0.1, -0.05) is 302 Å². The number of aliphatic hydroxyl groups is 5. The van der Waals surface area contributed by atoms with Crippen molar-refractivity contribution >= 4 is 5.91 Å². The summed E-state index contributed by atoms with van der Waals surface area (Å²) in [4.78, 5) is 13.1. The Morgan fingerprint density at radius 1 is 0.452 bits per heavy atom. The van der Waals surface area contributed by atoms with Crippen molar-refractivity contribution in [2.75, 3.05) is 13.2 Å². The molecule has 1 saturated heterocycles. The zero-order valence-corrected chi connectivity index (χ0v) is 48.4. The molecule has 7 atom stereocenters. The van der Waals surface area contributed by atoms with Crippen molar-refractivity contribution in [1.29, 1.82) is 0 Å². The van der Waals surface area contributed by atoms with Gasteiger partial charge in [-0.05, 0) is 38.5 Å². The van der Waals surface area contributed by atoms with Crippen LogP contribution < -0.4 is 5.32 Å². The molecule has 6 N–H and O–H groups in total. The Balaban J connectivity index is 2.14. The van der Waals surface area contributed by atoms with E-state index in [4.69, 9.17) is 9.47 Å². The van der Waals surface area contributed by atoms with Gasteiger partial charge in [-0.25, -0.2) is 0 Å². The molecule has 1 amide bonds. The Morgan fingerprint density at radius 3 is 1.11 bits per heavy atom. The molecule has 1 fully saturated rings. The molecule has 0 spiro atoms. The van der Waals surface area contributed by atoms with Gasteiger partial charge in [0.2, 0.25) is 5.91 Å². The van der Waals surface area contributed by atoms with Crippen molar-refractivity contribution < 1.29 is 39.8 Å². The van der Waals surface area contributed by atoms with Gasteiger partial charge in [-0.15, -0.1) is 0 Å². The van der Waals surface area contributed by atoms with Gasteiger partial charge in [0.1, 0.15) is 24.4 Å². The maximum atomic E-state index is 13.1. The number of carbonyl (C=O) groups is 1. The van der Waals surface area contributed by atoms with Crippen LogP contribution in [0.4, 0.5) is 0 Å². The average Bonchev–Trinajstić information content (AvgIpc) is 3.39. The second kappa shape index (κ2) is 54.3. The number of aliphatic hydroxyl groups excluding tert-OH is 5. The molecule has 0 aromatic rings. The summed E-state index contributed by atoms with van der Waals surface area (Å²) in [5.74, 6) is -0.137. The van der Waals surface area contributed by atoms with E-state index < -0.39 is 49.5 Å². The van der Waals surface area contributed by atoms with Gasteiger partial charge in [0.15, 0.2) is 6.29 Å². The third-order valence-electron chi connectivity index (χ3n) is 15.9. The first-order valence-electron chi connectivity index (χ1n) is 32.4. The first-order chi connectivity index (χ1) is 35.8. The molecular formula is C64H125NO8. The first kappa shape index (κ1) is 69.9. The van der Waals surface area contributed by atoms with Crippen LogP contribution in [0, 0.1) is 0 Å². The minimum atomic E-state index is -1.55. The molecule has 0 aromatic carbocycles. The second-order valence-electron chi connectivity index (χ2n) is 22.9. The fraction of sp³-hybridized carbons (Fsp3) is 0.953. The highest BCUT2D eigenvalue weighted by molar-refractivity contribution is 5.76. The van der Waals surface area contributed by atoms with Crippen LogP contribution in [-0.2, 0) is 14.3 Å². The first-order valence-corrected chi connectivity index (χ1v) is 32.4. The Morgan fingerprint density at radius 2 is 0.767 bits per heavy atom. The summed E-state index contributed by atoms with van der Waals surface area (Å²) in [5.41, 5.74) is 0. The predicted molar refractivity (Wildman–Crippen MR) is 309 cm³/mol. The van der Waals surface area contributed by atoms with Crippen LogP contribution >= 0.6 is 0 Å². The lowest BCUT2D eigenvalue weighted by Gasteiger charge is -2.40. The number of amides is 1. The zero-order valence-electron chi connectivity index (χ0n) is 48.4. The standard InChI is InChI=1S/C64H125NO8/c1-3-5-7-9-11-13-15-17-19-21-23-25-27-28-29-30-32-34-36-38-40-42-44-46-48-50-52-54-60(68)65-57(56-72-64-63(71)62(70)61(69)59(55-66)73-64)58(67)53-51-49-47-45-43-41-39-37-35-33-31-26-24-22-20-18-16-14-12-10-8-6-4-2/h21,23,57-59,61-64,66-67,69-71H,3-20,22,24-56H2,1-2H3,(H,65,68)/b23-21-. The van der Waals surface area contributed by atoms with E-state index >= 15 is 0 Å². The lowest BCUT2D eigenvalue weighted by atomic mass is 9.99. The number of allylic oxidation sites excluding steroid dienone is 2. The molecule has 1 aliphatic heterocycles. The van der Waals surface area contributed by atoms with Crippen LogP contribution in [-0.4, -0.2) is 87.5 Å². The molecule has 0 bridgehead atoms. The largest absolute Gasteiger partial charge is 0.394 e. The maximum absolute atomic E-state index is 13.1. The van der Waals surface area contributed by atoms with Crippen LogP contribution in [0.15, 0.2) is 12.2 Å². The van der Waals surface area contributed by atoms with Gasteiger partial charge in [0, 0.05) is 6.42 Å². The maximum Gasteiger partial charge on any atom is 0.220 e. The van der Waals surface area contributed by atoms with Gasteiger partial charge >= 0.3 is 0 Å². The lowest BCUT2D eigenvalue weighted by Crippen LogP contribution is -2.60. The number of unbranched alkanes of at least 4 members (excludes halogenated alkanes) is 45. The Bertz CT molecular complexity index is 1150. The molecule has 434 valence electrons. The minimum absolute atomic E-state index is 0.132. The fourth-order valence-electron chi connectivity index (χ4n) is 10.7. The third kappa shape index (κ3) is 43.6. The number of hydrogen-bond acceptors (Lipinski definition) is 8. The van der Waals surface area contributed by atoms with Gasteiger partial charge in [0.05, 0.1) is 25.4 Å². The molecule has 9 nitrogen and oxygen atoms in total. The van der Waals surface area contributed by atoms with E-state index in [1.807, 2.05) is 0 Å². The predicted octanol–water partition coefficient (Wildman–Crippen LogP) is 16.7. The average molecular weight is 1040 g/mol. The lowest BCUT2D eigenvalue weighted by molar-refractivity contribution is -0.302. The Labute approximate surface area is 452 Å². The highest BCUT2D eigenvalue weighted by Crippen LogP contribution is 2.24. The van der Waals surface area contributed by atoms with Crippen LogP contribution in [0.2, 0.25) is 0 Å². The molecule has 1 heterocycles. The van der Waals surface area contributed by atoms with Crippen molar-refractivity contribution in [2.45, 2.75) is 378 Å². The number of rotatable bonds is 57. The Hall–Kier alpha value is -1.07. The van der Waals surface area contributed by atoms with Crippen LogP contribution in [0.5, 0.6) is 0 Å². The second-order valence-corrected chi connectivity index (χ2v) is 22.9. The number of nitrogens with one attached hydrogen (secondary N) is 1. The van der Waals surface area contributed by atoms with Gasteiger partial charge in [-0.3, -0.25) is 4.79 Å². The number of carbonyl (C=O) groups excluding carboxylic acids is 1. The number of hydrogen-bond donors (Lipinski definition) is 6. The highest BCUT2D eigenvalue weighted by atomic mass is 16.7. The van der Waals surface area contributed by atoms with E-state index in [0.29, 0.717) is 12.8 Å². The van der Waals surface area contributed by atoms with E-state index in [-0.39, 0.29) is 12.5 Å².